The lowest BCUT2D eigenvalue weighted by Crippen LogP contribution is -2.22. The number of hydrogen-bond donors (Lipinski definition) is 0. The molecule has 0 saturated heterocycles. The molecule has 3 aromatic carbocycles. The maximum absolute atomic E-state index is 14.2. The van der Waals surface area contributed by atoms with Crippen LogP contribution in [0.2, 0.25) is 0 Å². The fourth-order valence-corrected chi connectivity index (χ4v) is 2.50. The van der Waals surface area contributed by atoms with Gasteiger partial charge in [-0.3, -0.25) is 0 Å². The second-order valence-corrected chi connectivity index (χ2v) is 5.88. The van der Waals surface area contributed by atoms with Crippen LogP contribution in [-0.4, -0.2) is 0 Å². The standard InChI is InChI=1S/C20H12F6O/c1-11-2-7-15(16(21)8-11)12-3-5-13(6-4-12)20(25,26)27-14-9-17(22)19(24)18(23)10-14/h2-10H,1H3. The van der Waals surface area contributed by atoms with E-state index in [2.05, 4.69) is 4.74 Å². The highest BCUT2D eigenvalue weighted by Crippen LogP contribution is 2.34. The molecule has 0 unspecified atom stereocenters. The van der Waals surface area contributed by atoms with Crippen LogP contribution in [-0.2, 0) is 6.11 Å². The number of aryl methyl sites for hydroxylation is 1. The van der Waals surface area contributed by atoms with E-state index >= 15 is 0 Å². The lowest BCUT2D eigenvalue weighted by atomic mass is 10.0. The maximum atomic E-state index is 14.2. The minimum Gasteiger partial charge on any atom is -0.429 e. The first-order valence-corrected chi connectivity index (χ1v) is 7.76. The summed E-state index contributed by atoms with van der Waals surface area (Å²) in [6, 6.07) is 9.72. The van der Waals surface area contributed by atoms with E-state index in [1.165, 1.54) is 24.3 Å². The van der Waals surface area contributed by atoms with Crippen LogP contribution in [0.4, 0.5) is 26.3 Å². The summed E-state index contributed by atoms with van der Waals surface area (Å²) in [6.07, 6.45) is -3.94. The van der Waals surface area contributed by atoms with Crippen LogP contribution in [0.15, 0.2) is 54.6 Å². The summed E-state index contributed by atoms with van der Waals surface area (Å²) >= 11 is 0. The van der Waals surface area contributed by atoms with Crippen LogP contribution in [0.1, 0.15) is 11.1 Å². The molecule has 0 heterocycles. The monoisotopic (exact) mass is 382 g/mol. The van der Waals surface area contributed by atoms with E-state index in [4.69, 9.17) is 0 Å². The Kier molecular flexibility index (Phi) is 4.87. The molecule has 0 fully saturated rings. The highest BCUT2D eigenvalue weighted by atomic mass is 19.3. The van der Waals surface area contributed by atoms with E-state index in [1.54, 1.807) is 13.0 Å². The molecule has 0 N–H and O–H groups in total. The Morgan fingerprint density at radius 1 is 0.741 bits per heavy atom. The average molecular weight is 382 g/mol. The van der Waals surface area contributed by atoms with Crippen molar-refractivity contribution in [2.75, 3.05) is 0 Å². The van der Waals surface area contributed by atoms with E-state index in [1.807, 2.05) is 0 Å². The number of benzene rings is 3. The summed E-state index contributed by atoms with van der Waals surface area (Å²) in [7, 11) is 0. The predicted octanol–water partition coefficient (Wildman–Crippen LogP) is 6.35. The smallest absolute Gasteiger partial charge is 0.426 e. The second-order valence-electron chi connectivity index (χ2n) is 5.88. The van der Waals surface area contributed by atoms with Gasteiger partial charge in [-0.05, 0) is 36.2 Å². The van der Waals surface area contributed by atoms with Gasteiger partial charge in [0.05, 0.1) is 5.56 Å². The molecule has 0 aliphatic carbocycles. The van der Waals surface area contributed by atoms with Gasteiger partial charge in [0.15, 0.2) is 17.5 Å². The first kappa shape index (κ1) is 18.8. The summed E-state index contributed by atoms with van der Waals surface area (Å²) in [5, 5.41) is 0. The number of alkyl halides is 2. The van der Waals surface area contributed by atoms with E-state index in [0.717, 1.165) is 12.1 Å². The molecule has 1 nitrogen and oxygen atoms in total. The van der Waals surface area contributed by atoms with Gasteiger partial charge in [-0.2, -0.15) is 8.78 Å². The van der Waals surface area contributed by atoms with Crippen molar-refractivity contribution in [3.63, 3.8) is 0 Å². The average Bonchev–Trinajstić information content (AvgIpc) is 2.59. The highest BCUT2D eigenvalue weighted by Gasteiger charge is 2.35. The minimum absolute atomic E-state index is 0.235. The summed E-state index contributed by atoms with van der Waals surface area (Å²) in [4.78, 5) is 0. The van der Waals surface area contributed by atoms with Crippen molar-refractivity contribution >= 4 is 0 Å². The normalized spacial score (nSPS) is 11.5. The van der Waals surface area contributed by atoms with Crippen LogP contribution < -0.4 is 4.74 Å². The zero-order valence-electron chi connectivity index (χ0n) is 13.9. The Hall–Kier alpha value is -2.96. The van der Waals surface area contributed by atoms with Crippen LogP contribution in [0, 0.1) is 30.2 Å². The van der Waals surface area contributed by atoms with Crippen molar-refractivity contribution in [3.05, 3.63) is 89.0 Å². The van der Waals surface area contributed by atoms with E-state index < -0.39 is 40.7 Å². The Morgan fingerprint density at radius 3 is 1.89 bits per heavy atom. The summed E-state index contributed by atoms with van der Waals surface area (Å²) in [5.41, 5.74) is 0.695. The molecule has 140 valence electrons. The molecule has 3 rings (SSSR count). The molecule has 0 aliphatic rings. The largest absolute Gasteiger partial charge is 0.429 e. The second kappa shape index (κ2) is 6.98. The summed E-state index contributed by atoms with van der Waals surface area (Å²) in [6.45, 7) is 1.72. The third-order valence-electron chi connectivity index (χ3n) is 3.86. The summed E-state index contributed by atoms with van der Waals surface area (Å²) < 4.78 is 86.0. The molecular weight excluding hydrogens is 370 g/mol. The number of rotatable bonds is 4. The van der Waals surface area contributed by atoms with Crippen LogP contribution in [0.3, 0.4) is 0 Å². The molecule has 0 amide bonds. The van der Waals surface area contributed by atoms with Gasteiger partial charge in [-0.1, -0.05) is 24.3 Å². The Bertz CT molecular complexity index is 959. The van der Waals surface area contributed by atoms with Crippen molar-refractivity contribution in [3.8, 4) is 16.9 Å². The third-order valence-corrected chi connectivity index (χ3v) is 3.86. The molecule has 3 aromatic rings. The molecule has 27 heavy (non-hydrogen) atoms. The Labute approximate surface area is 150 Å². The Balaban J connectivity index is 1.87. The van der Waals surface area contributed by atoms with Gasteiger partial charge in [-0.15, -0.1) is 0 Å². The zero-order valence-corrected chi connectivity index (χ0v) is 13.9. The molecule has 7 heteroatoms. The van der Waals surface area contributed by atoms with E-state index in [0.29, 0.717) is 23.3 Å². The molecule has 0 aromatic heterocycles. The van der Waals surface area contributed by atoms with Gasteiger partial charge in [-0.25, -0.2) is 17.6 Å². The summed E-state index contributed by atoms with van der Waals surface area (Å²) in [5.74, 6) is -6.44. The number of halogens is 6. The highest BCUT2D eigenvalue weighted by molar-refractivity contribution is 5.64. The molecule has 0 atom stereocenters. The van der Waals surface area contributed by atoms with Crippen molar-refractivity contribution in [2.45, 2.75) is 13.0 Å². The van der Waals surface area contributed by atoms with Gasteiger partial charge < -0.3 is 4.74 Å². The predicted molar refractivity (Wildman–Crippen MR) is 87.4 cm³/mol. The van der Waals surface area contributed by atoms with Gasteiger partial charge in [0.25, 0.3) is 0 Å². The van der Waals surface area contributed by atoms with Crippen LogP contribution >= 0.6 is 0 Å². The molecular formula is C20H12F6O. The molecule has 0 saturated carbocycles. The number of hydrogen-bond acceptors (Lipinski definition) is 1. The van der Waals surface area contributed by atoms with Crippen molar-refractivity contribution in [1.82, 2.24) is 0 Å². The molecule has 0 spiro atoms. The fourth-order valence-electron chi connectivity index (χ4n) is 2.50. The van der Waals surface area contributed by atoms with Crippen molar-refractivity contribution < 1.29 is 31.1 Å². The first-order chi connectivity index (χ1) is 12.7. The van der Waals surface area contributed by atoms with Crippen molar-refractivity contribution in [2.24, 2.45) is 0 Å². The van der Waals surface area contributed by atoms with Crippen molar-refractivity contribution in [1.29, 1.82) is 0 Å². The topological polar surface area (TPSA) is 9.23 Å². The van der Waals surface area contributed by atoms with Crippen LogP contribution in [0.5, 0.6) is 5.75 Å². The third kappa shape index (κ3) is 3.92. The first-order valence-electron chi connectivity index (χ1n) is 7.76. The Morgan fingerprint density at radius 2 is 1.33 bits per heavy atom. The van der Waals surface area contributed by atoms with Crippen LogP contribution in [0.25, 0.3) is 11.1 Å². The SMILES string of the molecule is Cc1ccc(-c2ccc(C(F)(F)Oc3cc(F)c(F)c(F)c3)cc2)c(F)c1. The van der Waals surface area contributed by atoms with Gasteiger partial charge in [0.2, 0.25) is 0 Å². The lowest BCUT2D eigenvalue weighted by molar-refractivity contribution is -0.185. The van der Waals surface area contributed by atoms with E-state index in [9.17, 15) is 26.3 Å². The molecule has 0 bridgehead atoms. The molecule has 0 radical (unpaired) electrons. The quantitative estimate of drug-likeness (QED) is 0.378. The van der Waals surface area contributed by atoms with Gasteiger partial charge in [0, 0.05) is 17.7 Å². The number of ether oxygens (including phenoxy) is 1. The zero-order chi connectivity index (χ0) is 19.8. The van der Waals surface area contributed by atoms with Gasteiger partial charge in [0.1, 0.15) is 11.6 Å². The lowest BCUT2D eigenvalue weighted by Gasteiger charge is -2.19. The van der Waals surface area contributed by atoms with Gasteiger partial charge >= 0.3 is 6.11 Å². The minimum atomic E-state index is -3.94. The molecule has 0 aliphatic heterocycles. The maximum Gasteiger partial charge on any atom is 0.426 e. The van der Waals surface area contributed by atoms with E-state index in [-0.39, 0.29) is 5.56 Å². The fraction of sp³-hybridized carbons (Fsp3) is 0.100.